The normalized spacial score (nSPS) is 19.4. The lowest BCUT2D eigenvalue weighted by molar-refractivity contribution is -0.138. The van der Waals surface area contributed by atoms with E-state index in [0.29, 0.717) is 12.5 Å². The van der Waals surface area contributed by atoms with Crippen molar-refractivity contribution in [2.75, 3.05) is 51.1 Å². The highest BCUT2D eigenvalue weighted by atomic mass is 16.2. The van der Waals surface area contributed by atoms with Crippen molar-refractivity contribution in [3.05, 3.63) is 29.3 Å². The highest BCUT2D eigenvalue weighted by molar-refractivity contribution is 5.93. The van der Waals surface area contributed by atoms with Crippen molar-refractivity contribution in [1.29, 1.82) is 0 Å². The summed E-state index contributed by atoms with van der Waals surface area (Å²) in [6.07, 6.45) is 1.88. The van der Waals surface area contributed by atoms with E-state index >= 15 is 0 Å². The van der Waals surface area contributed by atoms with Gasteiger partial charge in [0.1, 0.15) is 0 Å². The van der Waals surface area contributed by atoms with Gasteiger partial charge in [0.2, 0.25) is 11.8 Å². The number of anilines is 1. The average Bonchev–Trinajstić information content (AvgIpc) is 2.66. The van der Waals surface area contributed by atoms with Crippen molar-refractivity contribution in [2.45, 2.75) is 26.7 Å². The van der Waals surface area contributed by atoms with Crippen LogP contribution in [0.4, 0.5) is 5.69 Å². The minimum absolute atomic E-state index is 0.0144. The molecule has 2 aliphatic heterocycles. The number of piperidine rings is 1. The summed E-state index contributed by atoms with van der Waals surface area (Å²) in [5.74, 6) is 0.488. The molecule has 0 atom stereocenters. The SMILES string of the molecule is Cc1cccc(C)c1NC(=O)CN1CCN(C(=O)C2CCNCC2)CC1. The molecule has 0 radical (unpaired) electrons. The molecular weight excluding hydrogens is 328 g/mol. The molecule has 6 nitrogen and oxygen atoms in total. The number of para-hydroxylation sites is 1. The second-order valence-corrected chi connectivity index (χ2v) is 7.44. The first kappa shape index (κ1) is 18.9. The number of hydrogen-bond donors (Lipinski definition) is 2. The van der Waals surface area contributed by atoms with Crippen LogP contribution < -0.4 is 10.6 Å². The smallest absolute Gasteiger partial charge is 0.238 e. The third-order valence-electron chi connectivity index (χ3n) is 5.49. The van der Waals surface area contributed by atoms with Gasteiger partial charge in [0.25, 0.3) is 0 Å². The quantitative estimate of drug-likeness (QED) is 0.854. The monoisotopic (exact) mass is 358 g/mol. The fraction of sp³-hybridized carbons (Fsp3) is 0.600. The number of amides is 2. The van der Waals surface area contributed by atoms with Crippen LogP contribution in [0, 0.1) is 19.8 Å². The van der Waals surface area contributed by atoms with Crippen LogP contribution in [-0.2, 0) is 9.59 Å². The van der Waals surface area contributed by atoms with Crippen molar-refractivity contribution in [3.8, 4) is 0 Å². The van der Waals surface area contributed by atoms with Gasteiger partial charge in [0.15, 0.2) is 0 Å². The van der Waals surface area contributed by atoms with Gasteiger partial charge in [-0.05, 0) is 50.9 Å². The van der Waals surface area contributed by atoms with E-state index in [2.05, 4.69) is 15.5 Å². The lowest BCUT2D eigenvalue weighted by Gasteiger charge is -2.37. The maximum atomic E-state index is 12.6. The second kappa shape index (κ2) is 8.64. The molecular formula is C20H30N4O2. The Kier molecular flexibility index (Phi) is 6.27. The van der Waals surface area contributed by atoms with Crippen LogP contribution in [0.3, 0.4) is 0 Å². The maximum absolute atomic E-state index is 12.6. The van der Waals surface area contributed by atoms with Crippen LogP contribution in [0.1, 0.15) is 24.0 Å². The van der Waals surface area contributed by atoms with E-state index in [4.69, 9.17) is 0 Å². The molecule has 0 aliphatic carbocycles. The molecule has 0 spiro atoms. The number of carbonyl (C=O) groups excluding carboxylic acids is 2. The zero-order chi connectivity index (χ0) is 18.5. The Labute approximate surface area is 155 Å². The summed E-state index contributed by atoms with van der Waals surface area (Å²) >= 11 is 0. The van der Waals surface area contributed by atoms with Gasteiger partial charge >= 0.3 is 0 Å². The lowest BCUT2D eigenvalue weighted by atomic mass is 9.96. The molecule has 2 heterocycles. The van der Waals surface area contributed by atoms with Gasteiger partial charge in [0, 0.05) is 37.8 Å². The van der Waals surface area contributed by atoms with Crippen molar-refractivity contribution < 1.29 is 9.59 Å². The van der Waals surface area contributed by atoms with Crippen LogP contribution in [0.15, 0.2) is 18.2 Å². The summed E-state index contributed by atoms with van der Waals surface area (Å²) in [7, 11) is 0. The van der Waals surface area contributed by atoms with Gasteiger partial charge in [-0.3, -0.25) is 14.5 Å². The predicted molar refractivity (Wildman–Crippen MR) is 103 cm³/mol. The van der Waals surface area contributed by atoms with Gasteiger partial charge < -0.3 is 15.5 Å². The molecule has 1 aromatic carbocycles. The molecule has 2 aliphatic rings. The van der Waals surface area contributed by atoms with Crippen LogP contribution in [0.2, 0.25) is 0 Å². The number of nitrogens with one attached hydrogen (secondary N) is 2. The highest BCUT2D eigenvalue weighted by Crippen LogP contribution is 2.20. The van der Waals surface area contributed by atoms with E-state index in [1.54, 1.807) is 0 Å². The number of nitrogens with zero attached hydrogens (tertiary/aromatic N) is 2. The second-order valence-electron chi connectivity index (χ2n) is 7.44. The zero-order valence-electron chi connectivity index (χ0n) is 15.9. The van der Waals surface area contributed by atoms with Gasteiger partial charge in [-0.25, -0.2) is 0 Å². The summed E-state index contributed by atoms with van der Waals surface area (Å²) in [5.41, 5.74) is 3.07. The van der Waals surface area contributed by atoms with Crippen LogP contribution >= 0.6 is 0 Å². The molecule has 0 aromatic heterocycles. The third-order valence-corrected chi connectivity index (χ3v) is 5.49. The van der Waals surface area contributed by atoms with E-state index in [1.165, 1.54) is 0 Å². The molecule has 2 saturated heterocycles. The van der Waals surface area contributed by atoms with Crippen LogP contribution in [-0.4, -0.2) is 67.4 Å². The fourth-order valence-electron chi connectivity index (χ4n) is 3.85. The minimum Gasteiger partial charge on any atom is -0.340 e. The number of aryl methyl sites for hydroxylation is 2. The van der Waals surface area contributed by atoms with Crippen LogP contribution in [0.5, 0.6) is 0 Å². The Morgan fingerprint density at radius 2 is 1.69 bits per heavy atom. The van der Waals surface area contributed by atoms with Gasteiger partial charge in [-0.15, -0.1) is 0 Å². The average molecular weight is 358 g/mol. The summed E-state index contributed by atoms with van der Waals surface area (Å²) in [4.78, 5) is 29.1. The highest BCUT2D eigenvalue weighted by Gasteiger charge is 2.28. The number of hydrogen-bond acceptors (Lipinski definition) is 4. The van der Waals surface area contributed by atoms with Crippen molar-refractivity contribution in [3.63, 3.8) is 0 Å². The Morgan fingerprint density at radius 3 is 2.31 bits per heavy atom. The standard InChI is InChI=1S/C20H30N4O2/c1-15-4-3-5-16(2)19(15)22-18(25)14-23-10-12-24(13-11-23)20(26)17-6-8-21-9-7-17/h3-5,17,21H,6-14H2,1-2H3,(H,22,25). The number of carbonyl (C=O) groups is 2. The van der Waals surface area contributed by atoms with Crippen molar-refractivity contribution in [2.24, 2.45) is 5.92 Å². The molecule has 3 rings (SSSR count). The lowest BCUT2D eigenvalue weighted by Crippen LogP contribution is -2.52. The van der Waals surface area contributed by atoms with E-state index in [1.807, 2.05) is 36.9 Å². The molecule has 142 valence electrons. The van der Waals surface area contributed by atoms with Crippen LogP contribution in [0.25, 0.3) is 0 Å². The Bertz CT molecular complexity index is 627. The molecule has 2 fully saturated rings. The van der Waals surface area contributed by atoms with Gasteiger partial charge in [0.05, 0.1) is 6.54 Å². The zero-order valence-corrected chi connectivity index (χ0v) is 15.9. The largest absolute Gasteiger partial charge is 0.340 e. The van der Waals surface area contributed by atoms with E-state index in [0.717, 1.165) is 68.9 Å². The van der Waals surface area contributed by atoms with Crippen molar-refractivity contribution in [1.82, 2.24) is 15.1 Å². The van der Waals surface area contributed by atoms with E-state index in [9.17, 15) is 9.59 Å². The summed E-state index contributed by atoms with van der Waals surface area (Å²) < 4.78 is 0. The first-order valence-corrected chi connectivity index (χ1v) is 9.62. The Hall–Kier alpha value is -1.92. The molecule has 0 bridgehead atoms. The molecule has 6 heteroatoms. The number of rotatable bonds is 4. The van der Waals surface area contributed by atoms with E-state index < -0.39 is 0 Å². The molecule has 26 heavy (non-hydrogen) atoms. The first-order chi connectivity index (χ1) is 12.5. The summed E-state index contributed by atoms with van der Waals surface area (Å²) in [5, 5.41) is 6.35. The Balaban J connectivity index is 1.46. The van der Waals surface area contributed by atoms with Gasteiger partial charge in [-0.2, -0.15) is 0 Å². The fourth-order valence-corrected chi connectivity index (χ4v) is 3.85. The van der Waals surface area contributed by atoms with E-state index in [-0.39, 0.29) is 11.8 Å². The molecule has 0 unspecified atom stereocenters. The number of benzene rings is 1. The summed E-state index contributed by atoms with van der Waals surface area (Å²) in [6.45, 7) is 9.24. The topological polar surface area (TPSA) is 64.7 Å². The van der Waals surface area contributed by atoms with Gasteiger partial charge in [-0.1, -0.05) is 18.2 Å². The predicted octanol–water partition coefficient (Wildman–Crippen LogP) is 1.39. The molecule has 1 aromatic rings. The summed E-state index contributed by atoms with van der Waals surface area (Å²) in [6, 6.07) is 6.01. The first-order valence-electron chi connectivity index (χ1n) is 9.62. The maximum Gasteiger partial charge on any atom is 0.238 e. The number of piperazine rings is 1. The molecule has 2 N–H and O–H groups in total. The Morgan fingerprint density at radius 1 is 1.08 bits per heavy atom. The van der Waals surface area contributed by atoms with Crippen molar-refractivity contribution >= 4 is 17.5 Å². The molecule has 0 saturated carbocycles. The third kappa shape index (κ3) is 4.62. The minimum atomic E-state index is 0.0144. The molecule has 2 amide bonds.